The van der Waals surface area contributed by atoms with Crippen molar-refractivity contribution in [2.24, 2.45) is 5.73 Å². The van der Waals surface area contributed by atoms with E-state index in [1.54, 1.807) is 61.5 Å². The molecule has 2 aromatic carbocycles. The molecule has 0 bridgehead atoms. The van der Waals surface area contributed by atoms with Gasteiger partial charge in [0.1, 0.15) is 17.8 Å². The quantitative estimate of drug-likeness (QED) is 0.620. The van der Waals surface area contributed by atoms with Crippen molar-refractivity contribution in [2.75, 3.05) is 25.1 Å². The van der Waals surface area contributed by atoms with Crippen LogP contribution in [0.1, 0.15) is 18.9 Å². The summed E-state index contributed by atoms with van der Waals surface area (Å²) < 4.78 is 5.32. The summed E-state index contributed by atoms with van der Waals surface area (Å²) in [6.07, 6.45) is -0.0916. The van der Waals surface area contributed by atoms with Gasteiger partial charge in [-0.25, -0.2) is 4.79 Å². The van der Waals surface area contributed by atoms with Gasteiger partial charge in [-0.3, -0.25) is 19.3 Å². The van der Waals surface area contributed by atoms with E-state index < -0.39 is 35.8 Å². The number of rotatable bonds is 8. The number of carbonyl (C=O) groups excluding carboxylic acids is 4. The molecule has 3 N–H and O–H groups in total. The number of para-hydroxylation sites is 2. The van der Waals surface area contributed by atoms with Crippen LogP contribution in [0.2, 0.25) is 0 Å². The minimum atomic E-state index is -1.28. The predicted molar refractivity (Wildman–Crippen MR) is 113 cm³/mol. The van der Waals surface area contributed by atoms with Crippen LogP contribution < -0.4 is 20.7 Å². The third-order valence-electron chi connectivity index (χ3n) is 5.18. The monoisotopic (exact) mass is 424 g/mol. The van der Waals surface area contributed by atoms with Gasteiger partial charge in [0.15, 0.2) is 0 Å². The number of carbonyl (C=O) groups is 4. The topological polar surface area (TPSA) is 122 Å². The molecular weight excluding hydrogens is 400 g/mol. The lowest BCUT2D eigenvalue weighted by Crippen LogP contribution is -2.45. The molecule has 0 aromatic heterocycles. The average Bonchev–Trinajstić information content (AvgIpc) is 2.98. The number of anilines is 1. The van der Waals surface area contributed by atoms with E-state index in [0.717, 1.165) is 4.90 Å². The first-order valence-electron chi connectivity index (χ1n) is 9.69. The van der Waals surface area contributed by atoms with Gasteiger partial charge in [0.25, 0.3) is 5.91 Å². The molecule has 2 aromatic rings. The number of imide groups is 1. The fraction of sp³-hybridized carbons (Fsp3) is 0.273. The molecule has 1 unspecified atom stereocenters. The first-order valence-corrected chi connectivity index (χ1v) is 9.69. The number of nitrogens with one attached hydrogen (secondary N) is 1. The molecule has 31 heavy (non-hydrogen) atoms. The van der Waals surface area contributed by atoms with Gasteiger partial charge in [-0.1, -0.05) is 42.5 Å². The second kappa shape index (κ2) is 8.86. The Hall–Kier alpha value is -3.88. The Bertz CT molecular complexity index is 1010. The van der Waals surface area contributed by atoms with Crippen molar-refractivity contribution in [3.05, 3.63) is 60.2 Å². The largest absolute Gasteiger partial charge is 0.495 e. The molecular formula is C22H24N4O5. The van der Waals surface area contributed by atoms with Gasteiger partial charge in [0.05, 0.1) is 12.8 Å². The van der Waals surface area contributed by atoms with Crippen LogP contribution in [0.3, 0.4) is 0 Å². The second-order valence-electron chi connectivity index (χ2n) is 7.25. The van der Waals surface area contributed by atoms with Gasteiger partial charge < -0.3 is 20.7 Å². The summed E-state index contributed by atoms with van der Waals surface area (Å²) in [6.45, 7) is 1.08. The number of methoxy groups -OCH3 is 1. The van der Waals surface area contributed by atoms with E-state index in [1.807, 2.05) is 0 Å². The lowest BCUT2D eigenvalue weighted by molar-refractivity contribution is -0.134. The Morgan fingerprint density at radius 1 is 1.10 bits per heavy atom. The van der Waals surface area contributed by atoms with Crippen LogP contribution in [0, 0.1) is 0 Å². The molecule has 1 fully saturated rings. The second-order valence-corrected chi connectivity index (χ2v) is 7.25. The van der Waals surface area contributed by atoms with Gasteiger partial charge in [0, 0.05) is 13.0 Å². The van der Waals surface area contributed by atoms with Crippen LogP contribution in [-0.2, 0) is 19.9 Å². The molecule has 9 heteroatoms. The van der Waals surface area contributed by atoms with E-state index in [4.69, 9.17) is 10.5 Å². The SMILES string of the molecule is COc1ccccc1N(CCC(N)=O)C(=O)CN1C(=O)NC(C)(c2ccccc2)C1=O. The van der Waals surface area contributed by atoms with Crippen LogP contribution in [0.5, 0.6) is 5.75 Å². The highest BCUT2D eigenvalue weighted by Gasteiger charge is 2.49. The van der Waals surface area contributed by atoms with Gasteiger partial charge in [-0.15, -0.1) is 0 Å². The van der Waals surface area contributed by atoms with Crippen molar-refractivity contribution in [3.63, 3.8) is 0 Å². The summed E-state index contributed by atoms with van der Waals surface area (Å²) in [4.78, 5) is 52.3. The molecule has 5 amide bonds. The van der Waals surface area contributed by atoms with Gasteiger partial charge >= 0.3 is 6.03 Å². The van der Waals surface area contributed by atoms with Crippen LogP contribution in [-0.4, -0.2) is 48.9 Å². The summed E-state index contributed by atoms with van der Waals surface area (Å²) in [5.74, 6) is -1.26. The highest BCUT2D eigenvalue weighted by Crippen LogP contribution is 2.30. The van der Waals surface area contributed by atoms with Crippen LogP contribution in [0.4, 0.5) is 10.5 Å². The molecule has 0 saturated carbocycles. The Morgan fingerprint density at radius 2 is 1.74 bits per heavy atom. The number of amides is 5. The molecule has 1 aliphatic rings. The predicted octanol–water partition coefficient (Wildman–Crippen LogP) is 1.37. The van der Waals surface area contributed by atoms with Crippen LogP contribution in [0.15, 0.2) is 54.6 Å². The number of hydrogen-bond acceptors (Lipinski definition) is 5. The van der Waals surface area contributed by atoms with Crippen molar-refractivity contribution >= 4 is 29.4 Å². The first-order chi connectivity index (χ1) is 14.8. The molecule has 0 spiro atoms. The van der Waals surface area contributed by atoms with Crippen molar-refractivity contribution in [2.45, 2.75) is 18.9 Å². The Morgan fingerprint density at radius 3 is 2.39 bits per heavy atom. The normalized spacial score (nSPS) is 17.9. The molecule has 3 rings (SSSR count). The smallest absolute Gasteiger partial charge is 0.325 e. The highest BCUT2D eigenvalue weighted by atomic mass is 16.5. The molecule has 1 saturated heterocycles. The third-order valence-corrected chi connectivity index (χ3v) is 5.18. The molecule has 162 valence electrons. The Balaban J connectivity index is 1.86. The zero-order chi connectivity index (χ0) is 22.6. The van der Waals surface area contributed by atoms with Crippen molar-refractivity contribution in [1.29, 1.82) is 0 Å². The fourth-order valence-electron chi connectivity index (χ4n) is 3.48. The van der Waals surface area contributed by atoms with E-state index in [-0.39, 0.29) is 13.0 Å². The number of primary amides is 1. The third kappa shape index (κ3) is 4.35. The number of nitrogens with two attached hydrogens (primary N) is 1. The Kier molecular flexibility index (Phi) is 6.24. The van der Waals surface area contributed by atoms with Crippen molar-refractivity contribution in [3.8, 4) is 5.75 Å². The number of benzene rings is 2. The summed E-state index contributed by atoms with van der Waals surface area (Å²) in [7, 11) is 1.46. The molecule has 1 heterocycles. The Labute approximate surface area is 179 Å². The maximum atomic E-state index is 13.2. The van der Waals surface area contributed by atoms with E-state index >= 15 is 0 Å². The maximum absolute atomic E-state index is 13.2. The van der Waals surface area contributed by atoms with Gasteiger partial charge in [-0.05, 0) is 24.6 Å². The van der Waals surface area contributed by atoms with E-state index in [1.165, 1.54) is 12.0 Å². The fourth-order valence-corrected chi connectivity index (χ4v) is 3.48. The standard InChI is InChI=1S/C22H24N4O5/c1-22(15-8-4-3-5-9-15)20(29)26(21(30)24-22)14-19(28)25(13-12-18(23)27)16-10-6-7-11-17(16)31-2/h3-11H,12-14H2,1-2H3,(H2,23,27)(H,24,30). The summed E-state index contributed by atoms with van der Waals surface area (Å²) in [5.41, 5.74) is 5.00. The maximum Gasteiger partial charge on any atom is 0.325 e. The van der Waals surface area contributed by atoms with Gasteiger partial charge in [0.2, 0.25) is 11.8 Å². The van der Waals surface area contributed by atoms with E-state index in [9.17, 15) is 19.2 Å². The molecule has 1 aliphatic heterocycles. The van der Waals surface area contributed by atoms with E-state index in [0.29, 0.717) is 17.0 Å². The number of nitrogens with zero attached hydrogens (tertiary/aromatic N) is 2. The number of ether oxygens (including phenoxy) is 1. The summed E-state index contributed by atoms with van der Waals surface area (Å²) in [6, 6.07) is 14.9. The first kappa shape index (κ1) is 21.8. The summed E-state index contributed by atoms with van der Waals surface area (Å²) in [5, 5.41) is 2.67. The number of urea groups is 1. The molecule has 9 nitrogen and oxygen atoms in total. The van der Waals surface area contributed by atoms with Crippen LogP contribution >= 0.6 is 0 Å². The van der Waals surface area contributed by atoms with Crippen molar-refractivity contribution < 1.29 is 23.9 Å². The zero-order valence-corrected chi connectivity index (χ0v) is 17.3. The molecule has 0 aliphatic carbocycles. The van der Waals surface area contributed by atoms with E-state index in [2.05, 4.69) is 5.32 Å². The lowest BCUT2D eigenvalue weighted by Gasteiger charge is -2.26. The zero-order valence-electron chi connectivity index (χ0n) is 17.3. The molecule has 1 atom stereocenters. The minimum Gasteiger partial charge on any atom is -0.495 e. The molecule has 0 radical (unpaired) electrons. The summed E-state index contributed by atoms with van der Waals surface area (Å²) >= 11 is 0. The minimum absolute atomic E-state index is 0.0197. The lowest BCUT2D eigenvalue weighted by atomic mass is 9.92. The van der Waals surface area contributed by atoms with Crippen molar-refractivity contribution in [1.82, 2.24) is 10.2 Å². The average molecular weight is 424 g/mol. The van der Waals surface area contributed by atoms with Gasteiger partial charge in [-0.2, -0.15) is 0 Å². The van der Waals surface area contributed by atoms with Crippen LogP contribution in [0.25, 0.3) is 0 Å². The highest BCUT2D eigenvalue weighted by molar-refractivity contribution is 6.10. The number of hydrogen-bond donors (Lipinski definition) is 2.